The molecule has 7 heteroatoms. The molecule has 2 N–H and O–H groups in total. The van der Waals surface area contributed by atoms with E-state index in [2.05, 4.69) is 20.2 Å². The van der Waals surface area contributed by atoms with Crippen LogP contribution in [0.2, 0.25) is 0 Å². The molecular weight excluding hydrogens is 276 g/mol. The minimum absolute atomic E-state index is 0.108. The van der Waals surface area contributed by atoms with E-state index in [1.54, 1.807) is 42.6 Å². The molecule has 0 saturated heterocycles. The first kappa shape index (κ1) is 14.4. The van der Waals surface area contributed by atoms with Crippen LogP contribution in [-0.2, 0) is 16.6 Å². The van der Waals surface area contributed by atoms with E-state index in [-0.39, 0.29) is 11.4 Å². The lowest BCUT2D eigenvalue weighted by Gasteiger charge is -2.11. The van der Waals surface area contributed by atoms with Gasteiger partial charge in [-0.3, -0.25) is 0 Å². The number of rotatable bonds is 6. The molecular formula is C13H16N4O2S. The molecule has 6 nitrogen and oxygen atoms in total. The molecule has 0 amide bonds. The highest BCUT2D eigenvalue weighted by atomic mass is 32.2. The minimum Gasteiger partial charge on any atom is -0.384 e. The van der Waals surface area contributed by atoms with Crippen molar-refractivity contribution in [3.05, 3.63) is 48.3 Å². The lowest BCUT2D eigenvalue weighted by atomic mass is 10.3. The van der Waals surface area contributed by atoms with Crippen LogP contribution in [0.25, 0.3) is 0 Å². The maximum absolute atomic E-state index is 12.3. The molecule has 1 aromatic carbocycles. The van der Waals surface area contributed by atoms with Crippen LogP contribution in [0.3, 0.4) is 0 Å². The zero-order chi connectivity index (χ0) is 14.4. The molecule has 0 aliphatic carbocycles. The zero-order valence-corrected chi connectivity index (χ0v) is 11.9. The Labute approximate surface area is 118 Å². The van der Waals surface area contributed by atoms with Gasteiger partial charge < -0.3 is 5.32 Å². The second-order valence-corrected chi connectivity index (χ2v) is 5.80. The molecule has 0 saturated carbocycles. The van der Waals surface area contributed by atoms with Gasteiger partial charge in [-0.05, 0) is 31.2 Å². The summed E-state index contributed by atoms with van der Waals surface area (Å²) in [7, 11) is -3.59. The van der Waals surface area contributed by atoms with Gasteiger partial charge in [-0.2, -0.15) is 10.2 Å². The van der Waals surface area contributed by atoms with Crippen molar-refractivity contribution in [2.24, 2.45) is 0 Å². The van der Waals surface area contributed by atoms with Crippen molar-refractivity contribution in [1.82, 2.24) is 14.9 Å². The van der Waals surface area contributed by atoms with E-state index in [1.807, 2.05) is 6.92 Å². The van der Waals surface area contributed by atoms with Crippen molar-refractivity contribution in [1.29, 1.82) is 0 Å². The van der Waals surface area contributed by atoms with E-state index in [0.29, 0.717) is 17.9 Å². The smallest absolute Gasteiger partial charge is 0.242 e. The fourth-order valence-electron chi connectivity index (χ4n) is 1.71. The number of sulfonamides is 1. The molecule has 0 unspecified atom stereocenters. The lowest BCUT2D eigenvalue weighted by molar-refractivity contribution is 0.580. The van der Waals surface area contributed by atoms with Crippen molar-refractivity contribution < 1.29 is 8.42 Å². The number of hydrogen-bond donors (Lipinski definition) is 2. The maximum Gasteiger partial charge on any atom is 0.242 e. The Hall–Kier alpha value is -1.99. The van der Waals surface area contributed by atoms with Gasteiger partial charge in [0.05, 0.1) is 17.9 Å². The summed E-state index contributed by atoms with van der Waals surface area (Å²) in [5.74, 6) is 0. The molecule has 1 aromatic heterocycles. The van der Waals surface area contributed by atoms with E-state index in [4.69, 9.17) is 0 Å². The highest BCUT2D eigenvalue weighted by molar-refractivity contribution is 7.89. The summed E-state index contributed by atoms with van der Waals surface area (Å²) in [6, 6.07) is 10.2. The Balaban J connectivity index is 2.18. The number of hydrogen-bond acceptors (Lipinski definition) is 5. The van der Waals surface area contributed by atoms with E-state index < -0.39 is 10.0 Å². The molecule has 0 aliphatic heterocycles. The molecule has 0 atom stereocenters. The van der Waals surface area contributed by atoms with Crippen LogP contribution >= 0.6 is 0 Å². The van der Waals surface area contributed by atoms with Crippen molar-refractivity contribution in [3.63, 3.8) is 0 Å². The van der Waals surface area contributed by atoms with Gasteiger partial charge in [0.25, 0.3) is 0 Å². The first-order chi connectivity index (χ1) is 9.63. The Bertz CT molecular complexity index is 659. The number of para-hydroxylation sites is 1. The topological polar surface area (TPSA) is 84.0 Å². The predicted molar refractivity (Wildman–Crippen MR) is 76.7 cm³/mol. The van der Waals surface area contributed by atoms with E-state index in [1.165, 1.54) is 0 Å². The molecule has 0 spiro atoms. The standard InChI is InChI=1S/C13H16N4O2S/c1-2-14-12-7-3-4-8-13(12)20(18,19)16-10-11-6-5-9-15-17-11/h3-9,14,16H,2,10H2,1H3. The van der Waals surface area contributed by atoms with Crippen LogP contribution in [0.5, 0.6) is 0 Å². The third kappa shape index (κ3) is 3.52. The second-order valence-electron chi connectivity index (χ2n) is 4.07. The number of benzene rings is 1. The zero-order valence-electron chi connectivity index (χ0n) is 11.1. The first-order valence-electron chi connectivity index (χ1n) is 6.22. The highest BCUT2D eigenvalue weighted by Crippen LogP contribution is 2.20. The molecule has 0 fully saturated rings. The summed E-state index contributed by atoms with van der Waals surface area (Å²) in [6.45, 7) is 2.67. The Morgan fingerprint density at radius 1 is 1.15 bits per heavy atom. The summed E-state index contributed by atoms with van der Waals surface area (Å²) in [4.78, 5) is 0.228. The second kappa shape index (κ2) is 6.44. The number of anilines is 1. The Morgan fingerprint density at radius 2 is 1.95 bits per heavy atom. The first-order valence-corrected chi connectivity index (χ1v) is 7.71. The normalized spacial score (nSPS) is 11.2. The van der Waals surface area contributed by atoms with Gasteiger partial charge in [-0.1, -0.05) is 12.1 Å². The number of aromatic nitrogens is 2. The fourth-order valence-corrected chi connectivity index (χ4v) is 2.89. The highest BCUT2D eigenvalue weighted by Gasteiger charge is 2.17. The van der Waals surface area contributed by atoms with Crippen molar-refractivity contribution >= 4 is 15.7 Å². The molecule has 2 rings (SSSR count). The Morgan fingerprint density at radius 3 is 2.65 bits per heavy atom. The largest absolute Gasteiger partial charge is 0.384 e. The molecule has 106 valence electrons. The predicted octanol–water partition coefficient (Wildman–Crippen LogP) is 1.39. The summed E-state index contributed by atoms with van der Waals surface area (Å²) < 4.78 is 27.1. The third-order valence-corrected chi connectivity index (χ3v) is 4.07. The van der Waals surface area contributed by atoms with Crippen LogP contribution in [0.1, 0.15) is 12.6 Å². The van der Waals surface area contributed by atoms with Gasteiger partial charge in [0.15, 0.2) is 0 Å². The lowest BCUT2D eigenvalue weighted by Crippen LogP contribution is -2.24. The van der Waals surface area contributed by atoms with Gasteiger partial charge in [-0.25, -0.2) is 13.1 Å². The van der Waals surface area contributed by atoms with Gasteiger partial charge in [0, 0.05) is 12.7 Å². The van der Waals surface area contributed by atoms with E-state index in [9.17, 15) is 8.42 Å². The van der Waals surface area contributed by atoms with Gasteiger partial charge >= 0.3 is 0 Å². The van der Waals surface area contributed by atoms with Crippen LogP contribution in [0.4, 0.5) is 5.69 Å². The van der Waals surface area contributed by atoms with Crippen LogP contribution in [0, 0.1) is 0 Å². The summed E-state index contributed by atoms with van der Waals surface area (Å²) in [5, 5.41) is 10.6. The average molecular weight is 292 g/mol. The fraction of sp³-hybridized carbons (Fsp3) is 0.231. The van der Waals surface area contributed by atoms with Crippen molar-refractivity contribution in [2.75, 3.05) is 11.9 Å². The van der Waals surface area contributed by atoms with Gasteiger partial charge in [-0.15, -0.1) is 0 Å². The van der Waals surface area contributed by atoms with Gasteiger partial charge in [0.2, 0.25) is 10.0 Å². The van der Waals surface area contributed by atoms with Crippen LogP contribution in [0.15, 0.2) is 47.5 Å². The van der Waals surface area contributed by atoms with Crippen LogP contribution < -0.4 is 10.0 Å². The van der Waals surface area contributed by atoms with Crippen molar-refractivity contribution in [2.45, 2.75) is 18.4 Å². The minimum atomic E-state index is -3.59. The maximum atomic E-state index is 12.3. The summed E-state index contributed by atoms with van der Waals surface area (Å²) >= 11 is 0. The van der Waals surface area contributed by atoms with E-state index >= 15 is 0 Å². The monoisotopic (exact) mass is 292 g/mol. The molecule has 0 radical (unpaired) electrons. The average Bonchev–Trinajstić information content (AvgIpc) is 2.47. The van der Waals surface area contributed by atoms with Crippen molar-refractivity contribution in [3.8, 4) is 0 Å². The quantitative estimate of drug-likeness (QED) is 0.840. The molecule has 1 heterocycles. The number of nitrogens with one attached hydrogen (secondary N) is 2. The molecule has 20 heavy (non-hydrogen) atoms. The van der Waals surface area contributed by atoms with Crippen LogP contribution in [-0.4, -0.2) is 25.2 Å². The molecule has 0 bridgehead atoms. The molecule has 0 aliphatic rings. The SMILES string of the molecule is CCNc1ccccc1S(=O)(=O)NCc1cccnn1. The Kier molecular flexibility index (Phi) is 4.65. The molecule has 2 aromatic rings. The summed E-state index contributed by atoms with van der Waals surface area (Å²) in [5.41, 5.74) is 1.15. The third-order valence-electron chi connectivity index (χ3n) is 2.61. The summed E-state index contributed by atoms with van der Waals surface area (Å²) in [6.07, 6.45) is 1.54. The van der Waals surface area contributed by atoms with E-state index in [0.717, 1.165) is 0 Å². The van der Waals surface area contributed by atoms with Gasteiger partial charge in [0.1, 0.15) is 4.90 Å². The number of nitrogens with zero attached hydrogens (tertiary/aromatic N) is 2.